The number of nitrogens with one attached hydrogen (secondary N) is 1. The molecule has 0 unspecified atom stereocenters. The first-order chi connectivity index (χ1) is 12.4. The number of methoxy groups -OCH3 is 1. The molecule has 0 spiro atoms. The Balaban J connectivity index is 2.38. The molecular formula is C18H20N2O6. The van der Waals surface area contributed by atoms with Crippen LogP contribution in [0.2, 0.25) is 0 Å². The molecule has 0 aliphatic heterocycles. The van der Waals surface area contributed by atoms with Crippen LogP contribution in [0.15, 0.2) is 33.9 Å². The van der Waals surface area contributed by atoms with Crippen LogP contribution in [0.1, 0.15) is 35.7 Å². The second-order valence-electron chi connectivity index (χ2n) is 5.59. The van der Waals surface area contributed by atoms with E-state index >= 15 is 0 Å². The molecule has 2 rings (SSSR count). The Morgan fingerprint density at radius 2 is 2.04 bits per heavy atom. The molecular weight excluding hydrogens is 340 g/mol. The largest absolute Gasteiger partial charge is 0.504 e. The fraction of sp³-hybridized carbons (Fsp3) is 0.278. The van der Waals surface area contributed by atoms with Gasteiger partial charge in [0.2, 0.25) is 5.88 Å². The minimum absolute atomic E-state index is 0.0481. The molecule has 0 aliphatic carbocycles. The fourth-order valence-corrected chi connectivity index (χ4v) is 2.36. The molecule has 1 aromatic carbocycles. The molecule has 0 amide bonds. The van der Waals surface area contributed by atoms with Crippen LogP contribution in [0.5, 0.6) is 17.4 Å². The highest BCUT2D eigenvalue weighted by atomic mass is 16.5. The normalized spacial score (nSPS) is 11.0. The molecule has 0 atom stereocenters. The smallest absolute Gasteiger partial charge is 0.331 e. The van der Waals surface area contributed by atoms with Gasteiger partial charge in [-0.25, -0.2) is 4.79 Å². The lowest BCUT2D eigenvalue weighted by Gasteiger charge is -2.09. The van der Waals surface area contributed by atoms with E-state index < -0.39 is 28.5 Å². The average Bonchev–Trinajstić information content (AvgIpc) is 2.60. The molecule has 0 saturated carbocycles. The number of phenols is 1. The number of ketones is 1. The number of nitrogens with zero attached hydrogens (tertiary/aromatic N) is 1. The molecule has 0 fully saturated rings. The van der Waals surface area contributed by atoms with Crippen molar-refractivity contribution >= 4 is 11.9 Å². The number of phenolic OH excluding ortho intramolecular Hbond substituents is 1. The summed E-state index contributed by atoms with van der Waals surface area (Å²) in [5.74, 6) is -1.22. The van der Waals surface area contributed by atoms with Crippen LogP contribution >= 0.6 is 0 Å². The predicted octanol–water partition coefficient (Wildman–Crippen LogP) is 1.65. The Kier molecular flexibility index (Phi) is 6.00. The number of aromatic hydroxyl groups is 2. The van der Waals surface area contributed by atoms with Gasteiger partial charge in [-0.15, -0.1) is 0 Å². The van der Waals surface area contributed by atoms with E-state index in [0.29, 0.717) is 12.0 Å². The van der Waals surface area contributed by atoms with Crippen LogP contribution in [-0.2, 0) is 6.54 Å². The van der Waals surface area contributed by atoms with E-state index in [1.807, 2.05) is 11.9 Å². The molecule has 1 aromatic heterocycles. The molecule has 0 radical (unpaired) electrons. The Bertz CT molecular complexity index is 955. The van der Waals surface area contributed by atoms with Crippen LogP contribution < -0.4 is 16.0 Å². The quantitative estimate of drug-likeness (QED) is 0.510. The fourth-order valence-electron chi connectivity index (χ4n) is 2.36. The van der Waals surface area contributed by atoms with Crippen molar-refractivity contribution in [3.63, 3.8) is 0 Å². The van der Waals surface area contributed by atoms with Gasteiger partial charge in [0.25, 0.3) is 5.56 Å². The summed E-state index contributed by atoms with van der Waals surface area (Å²) in [5.41, 5.74) is -1.66. The number of rotatable bonds is 7. The van der Waals surface area contributed by atoms with Gasteiger partial charge in [0.1, 0.15) is 5.56 Å². The summed E-state index contributed by atoms with van der Waals surface area (Å²) in [7, 11) is 1.39. The molecule has 138 valence electrons. The van der Waals surface area contributed by atoms with Crippen molar-refractivity contribution in [1.29, 1.82) is 0 Å². The van der Waals surface area contributed by atoms with Gasteiger partial charge in [-0.3, -0.25) is 19.1 Å². The first kappa shape index (κ1) is 19.0. The Morgan fingerprint density at radius 3 is 2.69 bits per heavy atom. The Morgan fingerprint density at radius 1 is 1.31 bits per heavy atom. The third kappa shape index (κ3) is 4.02. The number of aromatic nitrogens is 2. The first-order valence-electron chi connectivity index (χ1n) is 8.04. The van der Waals surface area contributed by atoms with Crippen molar-refractivity contribution in [2.45, 2.75) is 26.3 Å². The summed E-state index contributed by atoms with van der Waals surface area (Å²) in [6, 6.07) is 4.46. The number of unbranched alkanes of at least 4 members (excludes halogenated alkanes) is 1. The predicted molar refractivity (Wildman–Crippen MR) is 95.9 cm³/mol. The van der Waals surface area contributed by atoms with Crippen LogP contribution in [0.25, 0.3) is 6.08 Å². The topological polar surface area (TPSA) is 122 Å². The summed E-state index contributed by atoms with van der Waals surface area (Å²) < 4.78 is 5.95. The summed E-state index contributed by atoms with van der Waals surface area (Å²) >= 11 is 0. The highest BCUT2D eigenvalue weighted by Gasteiger charge is 2.19. The zero-order chi connectivity index (χ0) is 19.3. The summed E-state index contributed by atoms with van der Waals surface area (Å²) in [6.07, 6.45) is 3.89. The minimum atomic E-state index is -0.946. The van der Waals surface area contributed by atoms with E-state index in [1.165, 1.54) is 25.3 Å². The number of H-pyrrole nitrogens is 1. The highest BCUT2D eigenvalue weighted by Crippen LogP contribution is 2.26. The van der Waals surface area contributed by atoms with Gasteiger partial charge in [-0.2, -0.15) is 0 Å². The van der Waals surface area contributed by atoms with Gasteiger partial charge in [0.15, 0.2) is 17.3 Å². The van der Waals surface area contributed by atoms with Crippen molar-refractivity contribution in [2.75, 3.05) is 7.11 Å². The highest BCUT2D eigenvalue weighted by molar-refractivity contribution is 6.08. The number of carbonyl (C=O) groups is 1. The molecule has 8 nitrogen and oxygen atoms in total. The SMILES string of the molecule is CCCCn1c(O)c(C(=O)/C=C/c2ccc(O)c(OC)c2)c(=O)[nH]c1=O. The first-order valence-corrected chi connectivity index (χ1v) is 8.04. The van der Waals surface area contributed by atoms with E-state index in [1.54, 1.807) is 6.07 Å². The van der Waals surface area contributed by atoms with E-state index in [2.05, 4.69) is 0 Å². The number of hydrogen-bond acceptors (Lipinski definition) is 6. The molecule has 2 aromatic rings. The third-order valence-corrected chi connectivity index (χ3v) is 3.78. The van der Waals surface area contributed by atoms with Crippen LogP contribution in [-0.4, -0.2) is 32.7 Å². The lowest BCUT2D eigenvalue weighted by molar-refractivity contribution is 0.104. The number of allylic oxidation sites excluding steroid dienone is 1. The van der Waals surface area contributed by atoms with Gasteiger partial charge in [0.05, 0.1) is 7.11 Å². The molecule has 8 heteroatoms. The second kappa shape index (κ2) is 8.19. The van der Waals surface area contributed by atoms with Crippen molar-refractivity contribution in [2.24, 2.45) is 0 Å². The molecule has 0 aliphatic rings. The van der Waals surface area contributed by atoms with Crippen molar-refractivity contribution in [3.8, 4) is 17.4 Å². The maximum atomic E-state index is 12.4. The molecule has 0 bridgehead atoms. The minimum Gasteiger partial charge on any atom is -0.504 e. The maximum Gasteiger partial charge on any atom is 0.331 e. The van der Waals surface area contributed by atoms with Crippen molar-refractivity contribution in [1.82, 2.24) is 9.55 Å². The molecule has 0 saturated heterocycles. The summed E-state index contributed by atoms with van der Waals surface area (Å²) in [4.78, 5) is 38.2. The molecule has 26 heavy (non-hydrogen) atoms. The number of aromatic amines is 1. The lowest BCUT2D eigenvalue weighted by atomic mass is 10.1. The number of benzene rings is 1. The zero-order valence-electron chi connectivity index (χ0n) is 14.5. The van der Waals surface area contributed by atoms with Gasteiger partial charge < -0.3 is 14.9 Å². The second-order valence-corrected chi connectivity index (χ2v) is 5.59. The maximum absolute atomic E-state index is 12.4. The van der Waals surface area contributed by atoms with Gasteiger partial charge in [-0.1, -0.05) is 25.5 Å². The average molecular weight is 360 g/mol. The number of carbonyl (C=O) groups excluding carboxylic acids is 1. The van der Waals surface area contributed by atoms with Gasteiger partial charge in [0, 0.05) is 6.54 Å². The van der Waals surface area contributed by atoms with Crippen molar-refractivity contribution in [3.05, 3.63) is 56.2 Å². The van der Waals surface area contributed by atoms with Crippen LogP contribution in [0.3, 0.4) is 0 Å². The van der Waals surface area contributed by atoms with Gasteiger partial charge in [-0.05, 0) is 30.2 Å². The van der Waals surface area contributed by atoms with Crippen LogP contribution in [0.4, 0.5) is 0 Å². The Hall–Kier alpha value is -3.29. The monoisotopic (exact) mass is 360 g/mol. The van der Waals surface area contributed by atoms with E-state index in [4.69, 9.17) is 4.74 Å². The van der Waals surface area contributed by atoms with Gasteiger partial charge >= 0.3 is 5.69 Å². The third-order valence-electron chi connectivity index (χ3n) is 3.78. The van der Waals surface area contributed by atoms with Crippen LogP contribution in [0, 0.1) is 0 Å². The van der Waals surface area contributed by atoms with Crippen molar-refractivity contribution < 1.29 is 19.7 Å². The number of hydrogen-bond donors (Lipinski definition) is 3. The van der Waals surface area contributed by atoms with E-state index in [9.17, 15) is 24.6 Å². The lowest BCUT2D eigenvalue weighted by Crippen LogP contribution is -2.33. The van der Waals surface area contributed by atoms with E-state index in [0.717, 1.165) is 17.1 Å². The molecule has 1 heterocycles. The molecule has 3 N–H and O–H groups in total. The standard InChI is InChI=1S/C18H20N2O6/c1-3-4-9-20-17(24)15(16(23)19-18(20)25)13(22)8-6-11-5-7-12(21)14(10-11)26-2/h5-8,10,21,24H,3-4,9H2,1-2H3,(H,19,23,25)/b8-6+. The number of ether oxygens (including phenoxy) is 1. The summed E-state index contributed by atoms with van der Waals surface area (Å²) in [5, 5.41) is 19.8. The Labute approximate surface area is 149 Å². The zero-order valence-corrected chi connectivity index (χ0v) is 14.5. The van der Waals surface area contributed by atoms with E-state index in [-0.39, 0.29) is 18.0 Å². The summed E-state index contributed by atoms with van der Waals surface area (Å²) in [6.45, 7) is 2.10.